The molecule has 2 aromatic carbocycles. The first-order chi connectivity index (χ1) is 16.3. The van der Waals surface area contributed by atoms with Crippen LogP contribution in [-0.4, -0.2) is 51.4 Å². The van der Waals surface area contributed by atoms with Gasteiger partial charge in [-0.25, -0.2) is 4.79 Å². The second kappa shape index (κ2) is 10.1. The zero-order valence-electron chi connectivity index (χ0n) is 19.8. The number of hydrogen-bond donors (Lipinski definition) is 2. The Labute approximate surface area is 199 Å². The minimum atomic E-state index is -1.07. The number of carboxylic acid groups (broad SMARTS) is 1. The third-order valence-electron chi connectivity index (χ3n) is 6.29. The summed E-state index contributed by atoms with van der Waals surface area (Å²) in [5.74, 6) is -0.0530. The van der Waals surface area contributed by atoms with Gasteiger partial charge in [-0.3, -0.25) is 9.48 Å². The summed E-state index contributed by atoms with van der Waals surface area (Å²) < 4.78 is 1.92. The van der Waals surface area contributed by atoms with E-state index in [1.165, 1.54) is 12.5 Å². The second-order valence-corrected chi connectivity index (χ2v) is 8.96. The van der Waals surface area contributed by atoms with Crippen molar-refractivity contribution in [1.29, 1.82) is 0 Å². The summed E-state index contributed by atoms with van der Waals surface area (Å²) in [5, 5.41) is 16.5. The molecule has 2 atom stereocenters. The molecule has 3 aromatic rings. The summed E-state index contributed by atoms with van der Waals surface area (Å²) >= 11 is 0. The fraction of sp³-hybridized carbons (Fsp3) is 0.346. The standard InChI is InChI=1S/C26H31N5O3/c1-18-13-24(28-26(33)34)23-14-21(9-10-25(23)31(18)19(2)32)22-15-27-30(17-22)12-11-29(3)16-20-7-5-4-6-8-20/h4-10,14-15,17-18,24,28H,11-13,16H2,1-3H3,(H,33,34)/t18-,24+/m0/s1. The van der Waals surface area contributed by atoms with Crippen LogP contribution < -0.4 is 10.2 Å². The van der Waals surface area contributed by atoms with Gasteiger partial charge in [0.25, 0.3) is 0 Å². The molecule has 1 aliphatic heterocycles. The molecule has 0 spiro atoms. The van der Waals surface area contributed by atoms with Crippen molar-refractivity contribution >= 4 is 17.7 Å². The molecule has 178 valence electrons. The summed E-state index contributed by atoms with van der Waals surface area (Å²) in [4.78, 5) is 27.7. The van der Waals surface area contributed by atoms with E-state index >= 15 is 0 Å². The van der Waals surface area contributed by atoms with E-state index in [4.69, 9.17) is 0 Å². The lowest BCUT2D eigenvalue weighted by Crippen LogP contribution is -2.45. The number of nitrogens with one attached hydrogen (secondary N) is 1. The Kier molecular flexibility index (Phi) is 6.98. The number of anilines is 1. The molecule has 0 radical (unpaired) electrons. The summed E-state index contributed by atoms with van der Waals surface area (Å²) in [7, 11) is 2.10. The summed E-state index contributed by atoms with van der Waals surface area (Å²) in [6.45, 7) is 5.97. The molecule has 2 N–H and O–H groups in total. The minimum absolute atomic E-state index is 0.0530. The van der Waals surface area contributed by atoms with Crippen LogP contribution in [0, 0.1) is 0 Å². The Balaban J connectivity index is 1.51. The van der Waals surface area contributed by atoms with Gasteiger partial charge in [0.05, 0.1) is 18.8 Å². The summed E-state index contributed by atoms with van der Waals surface area (Å²) in [6.07, 6.45) is 3.28. The number of amides is 2. The lowest BCUT2D eigenvalue weighted by Gasteiger charge is -2.39. The number of carbonyl (C=O) groups is 2. The molecule has 1 aliphatic rings. The van der Waals surface area contributed by atoms with Gasteiger partial charge in [0.2, 0.25) is 5.91 Å². The van der Waals surface area contributed by atoms with Crippen molar-refractivity contribution < 1.29 is 14.7 Å². The van der Waals surface area contributed by atoms with Crippen molar-refractivity contribution in [2.75, 3.05) is 18.5 Å². The van der Waals surface area contributed by atoms with Crippen molar-refractivity contribution in [2.45, 2.75) is 45.4 Å². The fourth-order valence-corrected chi connectivity index (χ4v) is 4.69. The van der Waals surface area contributed by atoms with Crippen LogP contribution in [0.2, 0.25) is 0 Å². The highest BCUT2D eigenvalue weighted by Crippen LogP contribution is 2.39. The lowest BCUT2D eigenvalue weighted by atomic mass is 9.89. The highest BCUT2D eigenvalue weighted by atomic mass is 16.4. The van der Waals surface area contributed by atoms with E-state index < -0.39 is 6.09 Å². The first-order valence-corrected chi connectivity index (χ1v) is 11.5. The molecule has 1 aromatic heterocycles. The molecule has 0 bridgehead atoms. The quantitative estimate of drug-likeness (QED) is 0.552. The highest BCUT2D eigenvalue weighted by molar-refractivity contribution is 5.94. The molecule has 0 saturated heterocycles. The predicted molar refractivity (Wildman–Crippen MR) is 132 cm³/mol. The molecule has 0 fully saturated rings. The van der Waals surface area contributed by atoms with E-state index in [1.807, 2.05) is 60.4 Å². The van der Waals surface area contributed by atoms with Gasteiger partial charge < -0.3 is 20.2 Å². The maximum absolute atomic E-state index is 12.3. The van der Waals surface area contributed by atoms with Crippen molar-refractivity contribution in [2.24, 2.45) is 0 Å². The minimum Gasteiger partial charge on any atom is -0.465 e. The number of fused-ring (bicyclic) bond motifs is 1. The maximum Gasteiger partial charge on any atom is 0.405 e. The number of hydrogen-bond acceptors (Lipinski definition) is 4. The predicted octanol–water partition coefficient (Wildman–Crippen LogP) is 4.14. The topological polar surface area (TPSA) is 90.7 Å². The highest BCUT2D eigenvalue weighted by Gasteiger charge is 2.33. The van der Waals surface area contributed by atoms with Gasteiger partial charge in [-0.15, -0.1) is 0 Å². The SMILES string of the molecule is CC(=O)N1c2ccc(-c3cnn(CCN(C)Cc4ccccc4)c3)cc2[C@H](NC(=O)O)C[C@@H]1C. The van der Waals surface area contributed by atoms with E-state index in [-0.39, 0.29) is 18.0 Å². The molecule has 8 heteroatoms. The molecule has 8 nitrogen and oxygen atoms in total. The van der Waals surface area contributed by atoms with Crippen LogP contribution in [0.25, 0.3) is 11.1 Å². The van der Waals surface area contributed by atoms with E-state index in [2.05, 4.69) is 34.5 Å². The molecule has 4 rings (SSSR count). The average molecular weight is 462 g/mol. The molecule has 2 heterocycles. The third kappa shape index (κ3) is 5.28. The summed E-state index contributed by atoms with van der Waals surface area (Å²) in [6, 6.07) is 15.7. The monoisotopic (exact) mass is 461 g/mol. The van der Waals surface area contributed by atoms with Gasteiger partial charge in [-0.1, -0.05) is 36.4 Å². The van der Waals surface area contributed by atoms with Crippen LogP contribution in [0.1, 0.15) is 37.4 Å². The zero-order valence-corrected chi connectivity index (χ0v) is 19.8. The number of rotatable bonds is 7. The van der Waals surface area contributed by atoms with E-state index in [9.17, 15) is 14.7 Å². The number of benzene rings is 2. The number of aromatic nitrogens is 2. The van der Waals surface area contributed by atoms with Crippen molar-refractivity contribution in [1.82, 2.24) is 20.0 Å². The van der Waals surface area contributed by atoms with Crippen LogP contribution in [0.3, 0.4) is 0 Å². The van der Waals surface area contributed by atoms with Gasteiger partial charge in [-0.2, -0.15) is 5.10 Å². The molecular weight excluding hydrogens is 430 g/mol. The van der Waals surface area contributed by atoms with Crippen molar-refractivity contribution in [3.8, 4) is 11.1 Å². The molecular formula is C26H31N5O3. The first kappa shape index (κ1) is 23.5. The number of likely N-dealkylation sites (N-methyl/N-ethyl adjacent to an activating group) is 1. The van der Waals surface area contributed by atoms with Crippen LogP contribution in [0.4, 0.5) is 10.5 Å². The Morgan fingerprint density at radius 1 is 1.18 bits per heavy atom. The molecule has 2 amide bonds. The van der Waals surface area contributed by atoms with Crippen LogP contribution in [0.5, 0.6) is 0 Å². The smallest absolute Gasteiger partial charge is 0.405 e. The maximum atomic E-state index is 12.3. The van der Waals surface area contributed by atoms with E-state index in [1.54, 1.807) is 4.90 Å². The fourth-order valence-electron chi connectivity index (χ4n) is 4.69. The summed E-state index contributed by atoms with van der Waals surface area (Å²) in [5.41, 5.74) is 4.74. The van der Waals surface area contributed by atoms with Gasteiger partial charge in [-0.05, 0) is 49.2 Å². The average Bonchev–Trinajstić information content (AvgIpc) is 3.27. The Morgan fingerprint density at radius 3 is 2.65 bits per heavy atom. The number of carbonyl (C=O) groups excluding carboxylic acids is 1. The Hall–Kier alpha value is -3.65. The Bertz CT molecular complexity index is 1160. The normalized spacial score (nSPS) is 17.5. The van der Waals surface area contributed by atoms with Crippen LogP contribution in [0.15, 0.2) is 60.9 Å². The largest absolute Gasteiger partial charge is 0.465 e. The number of nitrogens with zero attached hydrogens (tertiary/aromatic N) is 4. The zero-order chi connectivity index (χ0) is 24.2. The van der Waals surface area contributed by atoms with Crippen LogP contribution in [-0.2, 0) is 17.9 Å². The lowest BCUT2D eigenvalue weighted by molar-refractivity contribution is -0.117. The Morgan fingerprint density at radius 2 is 1.94 bits per heavy atom. The molecule has 34 heavy (non-hydrogen) atoms. The van der Waals surface area contributed by atoms with Crippen molar-refractivity contribution in [3.63, 3.8) is 0 Å². The van der Waals surface area contributed by atoms with Gasteiger partial charge in [0.15, 0.2) is 0 Å². The van der Waals surface area contributed by atoms with Crippen LogP contribution >= 0.6 is 0 Å². The van der Waals surface area contributed by atoms with Gasteiger partial charge in [0, 0.05) is 43.5 Å². The third-order valence-corrected chi connectivity index (χ3v) is 6.29. The van der Waals surface area contributed by atoms with Crippen molar-refractivity contribution in [3.05, 3.63) is 72.1 Å². The van der Waals surface area contributed by atoms with Gasteiger partial charge in [0.1, 0.15) is 0 Å². The molecule has 0 aliphatic carbocycles. The van der Waals surface area contributed by atoms with E-state index in [0.717, 1.165) is 42.0 Å². The van der Waals surface area contributed by atoms with E-state index in [0.29, 0.717) is 6.42 Å². The molecule has 0 saturated carbocycles. The molecule has 0 unspecified atom stereocenters. The van der Waals surface area contributed by atoms with Gasteiger partial charge >= 0.3 is 6.09 Å². The second-order valence-electron chi connectivity index (χ2n) is 8.96. The first-order valence-electron chi connectivity index (χ1n) is 11.5.